The summed E-state index contributed by atoms with van der Waals surface area (Å²) >= 11 is 3.45. The number of nitrogens with zero attached hydrogens (tertiary/aromatic N) is 1. The maximum Gasteiger partial charge on any atom is 0.319 e. The van der Waals surface area contributed by atoms with Crippen molar-refractivity contribution in [3.63, 3.8) is 0 Å². The summed E-state index contributed by atoms with van der Waals surface area (Å²) in [5, 5.41) is 8.48. The Bertz CT molecular complexity index is 1130. The Kier molecular flexibility index (Phi) is 5.90. The van der Waals surface area contributed by atoms with Gasteiger partial charge in [0.25, 0.3) is 0 Å². The molecule has 0 fully saturated rings. The largest absolute Gasteiger partial charge is 0.334 e. The predicted octanol–water partition coefficient (Wildman–Crippen LogP) is 5.23. The van der Waals surface area contributed by atoms with E-state index in [0.29, 0.717) is 29.3 Å². The summed E-state index contributed by atoms with van der Waals surface area (Å²) in [6.07, 6.45) is 0.172. The van der Waals surface area contributed by atoms with Gasteiger partial charge in [0, 0.05) is 16.7 Å². The molecule has 4 rings (SSSR count). The second-order valence-electron chi connectivity index (χ2n) is 6.82. The van der Waals surface area contributed by atoms with Gasteiger partial charge in [-0.2, -0.15) is 0 Å². The van der Waals surface area contributed by atoms with Gasteiger partial charge in [0.15, 0.2) is 0 Å². The minimum absolute atomic E-state index is 0.154. The number of benzene rings is 3. The van der Waals surface area contributed by atoms with Gasteiger partial charge in [-0.25, -0.2) is 4.79 Å². The zero-order valence-electron chi connectivity index (χ0n) is 16.0. The van der Waals surface area contributed by atoms with E-state index in [2.05, 4.69) is 36.9 Å². The van der Waals surface area contributed by atoms with Crippen LogP contribution in [0.3, 0.4) is 0 Å². The molecule has 3 aromatic carbocycles. The number of carbonyl (C=O) groups excluding carboxylic acids is 2. The molecule has 3 N–H and O–H groups in total. The first-order chi connectivity index (χ1) is 14.6. The fourth-order valence-electron chi connectivity index (χ4n) is 3.13. The van der Waals surface area contributed by atoms with Crippen molar-refractivity contribution < 1.29 is 9.59 Å². The first-order valence-electron chi connectivity index (χ1n) is 9.43. The van der Waals surface area contributed by atoms with E-state index in [1.165, 1.54) is 0 Å². The monoisotopic (exact) mass is 462 g/mol. The molecule has 0 radical (unpaired) electrons. The second kappa shape index (κ2) is 8.92. The third-order valence-corrected chi connectivity index (χ3v) is 5.06. The minimum Gasteiger partial charge on any atom is -0.334 e. The number of amides is 3. The molecule has 0 aliphatic carbocycles. The van der Waals surface area contributed by atoms with Crippen molar-refractivity contribution in [3.8, 4) is 0 Å². The Morgan fingerprint density at radius 2 is 1.87 bits per heavy atom. The number of carbonyl (C=O) groups is 2. The van der Waals surface area contributed by atoms with E-state index in [0.717, 1.165) is 15.6 Å². The van der Waals surface area contributed by atoms with Gasteiger partial charge in [-0.3, -0.25) is 9.79 Å². The van der Waals surface area contributed by atoms with Crippen LogP contribution in [0.2, 0.25) is 0 Å². The first-order valence-corrected chi connectivity index (χ1v) is 10.2. The maximum absolute atomic E-state index is 12.4. The number of rotatable bonds is 4. The van der Waals surface area contributed by atoms with Crippen LogP contribution in [0.25, 0.3) is 0 Å². The van der Waals surface area contributed by atoms with Gasteiger partial charge >= 0.3 is 6.03 Å². The van der Waals surface area contributed by atoms with Crippen molar-refractivity contribution >= 4 is 50.6 Å². The molecular formula is C23H19BrN4O2. The van der Waals surface area contributed by atoms with Gasteiger partial charge in [0.2, 0.25) is 5.91 Å². The summed E-state index contributed by atoms with van der Waals surface area (Å²) in [4.78, 5) is 29.3. The van der Waals surface area contributed by atoms with Crippen LogP contribution in [0.1, 0.15) is 17.5 Å². The molecule has 0 aromatic heterocycles. The number of urea groups is 1. The standard InChI is InChI=1S/C23H19BrN4O2/c24-17-8-4-7-16(11-17)20-13-22(29)28-21-12-18(9-10-19(21)27-20)26-23(30)25-14-15-5-2-1-3-6-15/h1-12H,13-14H2,(H,28,29)(H2,25,26,30). The van der Waals surface area contributed by atoms with Crippen molar-refractivity contribution in [1.82, 2.24) is 5.32 Å². The number of anilines is 2. The van der Waals surface area contributed by atoms with Gasteiger partial charge < -0.3 is 16.0 Å². The molecule has 0 spiro atoms. The topological polar surface area (TPSA) is 82.6 Å². The third kappa shape index (κ3) is 4.93. The zero-order chi connectivity index (χ0) is 20.9. The van der Waals surface area contributed by atoms with E-state index in [4.69, 9.17) is 0 Å². The summed E-state index contributed by atoms with van der Waals surface area (Å²) in [6, 6.07) is 22.3. The molecule has 7 heteroatoms. The highest BCUT2D eigenvalue weighted by Crippen LogP contribution is 2.32. The molecule has 1 heterocycles. The Morgan fingerprint density at radius 1 is 1.03 bits per heavy atom. The Morgan fingerprint density at radius 3 is 2.67 bits per heavy atom. The number of nitrogens with one attached hydrogen (secondary N) is 3. The van der Waals surface area contributed by atoms with Crippen LogP contribution in [-0.2, 0) is 11.3 Å². The summed E-state index contributed by atoms with van der Waals surface area (Å²) in [7, 11) is 0. The van der Waals surface area contributed by atoms with Crippen molar-refractivity contribution in [1.29, 1.82) is 0 Å². The Balaban J connectivity index is 1.50. The Labute approximate surface area is 182 Å². The van der Waals surface area contributed by atoms with E-state index >= 15 is 0 Å². The highest BCUT2D eigenvalue weighted by Gasteiger charge is 2.18. The lowest BCUT2D eigenvalue weighted by molar-refractivity contribution is -0.115. The van der Waals surface area contributed by atoms with E-state index in [9.17, 15) is 9.59 Å². The molecule has 30 heavy (non-hydrogen) atoms. The van der Waals surface area contributed by atoms with E-state index in [-0.39, 0.29) is 18.4 Å². The summed E-state index contributed by atoms with van der Waals surface area (Å²) in [6.45, 7) is 0.425. The van der Waals surface area contributed by atoms with Crippen LogP contribution in [0, 0.1) is 0 Å². The zero-order valence-corrected chi connectivity index (χ0v) is 17.6. The lowest BCUT2D eigenvalue weighted by Gasteiger charge is -2.10. The van der Waals surface area contributed by atoms with Crippen molar-refractivity contribution in [2.24, 2.45) is 4.99 Å². The van der Waals surface area contributed by atoms with Gasteiger partial charge in [0.1, 0.15) is 0 Å². The summed E-state index contributed by atoms with van der Waals surface area (Å²) in [5.74, 6) is -0.154. The van der Waals surface area contributed by atoms with Crippen LogP contribution < -0.4 is 16.0 Å². The summed E-state index contributed by atoms with van der Waals surface area (Å²) < 4.78 is 0.925. The fourth-order valence-corrected chi connectivity index (χ4v) is 3.53. The molecule has 6 nitrogen and oxygen atoms in total. The van der Waals surface area contributed by atoms with E-state index in [1.54, 1.807) is 18.2 Å². The molecule has 1 aliphatic rings. The van der Waals surface area contributed by atoms with E-state index < -0.39 is 0 Å². The quantitative estimate of drug-likeness (QED) is 0.495. The molecule has 3 aromatic rings. The molecule has 150 valence electrons. The van der Waals surface area contributed by atoms with Crippen molar-refractivity contribution in [2.45, 2.75) is 13.0 Å². The van der Waals surface area contributed by atoms with Crippen LogP contribution in [0.15, 0.2) is 82.3 Å². The Hall–Kier alpha value is -3.45. The first kappa shape index (κ1) is 19.8. The lowest BCUT2D eigenvalue weighted by atomic mass is 10.1. The molecule has 0 bridgehead atoms. The smallest absolute Gasteiger partial charge is 0.319 e. The number of aliphatic imine (C=N–C) groups is 1. The highest BCUT2D eigenvalue weighted by molar-refractivity contribution is 9.10. The predicted molar refractivity (Wildman–Crippen MR) is 122 cm³/mol. The second-order valence-corrected chi connectivity index (χ2v) is 7.73. The van der Waals surface area contributed by atoms with Gasteiger partial charge in [-0.15, -0.1) is 0 Å². The van der Waals surface area contributed by atoms with Crippen LogP contribution in [0.5, 0.6) is 0 Å². The molecule has 3 amide bonds. The number of halogens is 1. The van der Waals surface area contributed by atoms with E-state index in [1.807, 2.05) is 54.6 Å². The number of hydrogen-bond donors (Lipinski definition) is 3. The number of fused-ring (bicyclic) bond motifs is 1. The minimum atomic E-state index is -0.322. The molecule has 0 unspecified atom stereocenters. The van der Waals surface area contributed by atoms with Gasteiger partial charge in [-0.05, 0) is 41.5 Å². The van der Waals surface area contributed by atoms with Crippen molar-refractivity contribution in [2.75, 3.05) is 10.6 Å². The molecule has 0 atom stereocenters. The molecule has 0 saturated heterocycles. The molecule has 1 aliphatic heterocycles. The van der Waals surface area contributed by atoms with Gasteiger partial charge in [-0.1, -0.05) is 58.4 Å². The highest BCUT2D eigenvalue weighted by atomic mass is 79.9. The third-order valence-electron chi connectivity index (χ3n) is 4.57. The lowest BCUT2D eigenvalue weighted by Crippen LogP contribution is -2.28. The molecule has 0 saturated carbocycles. The summed E-state index contributed by atoms with van der Waals surface area (Å²) in [5.41, 5.74) is 4.36. The van der Waals surface area contributed by atoms with Crippen LogP contribution >= 0.6 is 15.9 Å². The molecular weight excluding hydrogens is 444 g/mol. The van der Waals surface area contributed by atoms with Crippen LogP contribution in [-0.4, -0.2) is 17.6 Å². The van der Waals surface area contributed by atoms with Gasteiger partial charge in [0.05, 0.1) is 23.5 Å². The normalized spacial score (nSPS) is 12.8. The average molecular weight is 463 g/mol. The average Bonchev–Trinajstić information content (AvgIpc) is 2.91. The fraction of sp³-hybridized carbons (Fsp3) is 0.0870. The van der Waals surface area contributed by atoms with Crippen LogP contribution in [0.4, 0.5) is 21.9 Å². The van der Waals surface area contributed by atoms with Crippen molar-refractivity contribution in [3.05, 3.63) is 88.4 Å². The number of hydrogen-bond acceptors (Lipinski definition) is 3. The maximum atomic E-state index is 12.4. The SMILES string of the molecule is O=C1CC(c2cccc(Br)c2)=Nc2ccc(NC(=O)NCc3ccccc3)cc2N1.